The molecule has 0 saturated carbocycles. The van der Waals surface area contributed by atoms with E-state index in [2.05, 4.69) is 76.2 Å². The molecule has 124 heavy (non-hydrogen) atoms. The van der Waals surface area contributed by atoms with E-state index in [9.17, 15) is 19.2 Å². The van der Waals surface area contributed by atoms with Gasteiger partial charge in [-0.15, -0.1) is 0 Å². The third-order valence-corrected chi connectivity index (χ3v) is 23.6. The van der Waals surface area contributed by atoms with Crippen LogP contribution in [0.3, 0.4) is 0 Å². The fraction of sp³-hybridized carbons (Fsp3) is 0.741. The number of amides is 4. The topological polar surface area (TPSA) is 155 Å². The summed E-state index contributed by atoms with van der Waals surface area (Å²) in [7, 11) is 7.08. The van der Waals surface area contributed by atoms with Crippen LogP contribution in [-0.2, 0) is 44.6 Å². The lowest BCUT2D eigenvalue weighted by Crippen LogP contribution is -2.34. The van der Waals surface area contributed by atoms with Gasteiger partial charge in [-0.3, -0.25) is 19.6 Å². The second-order valence-electron chi connectivity index (χ2n) is 40.2. The fourth-order valence-corrected chi connectivity index (χ4v) is 16.5. The molecule has 0 aromatic heterocycles. The highest BCUT2D eigenvalue weighted by molar-refractivity contribution is 5.91. The predicted octanol–water partition coefficient (Wildman–Crippen LogP) is 32.2. The van der Waals surface area contributed by atoms with Crippen molar-refractivity contribution >= 4 is 47.1 Å². The minimum absolute atomic E-state index is 0.234. The summed E-state index contributed by atoms with van der Waals surface area (Å²) in [6, 6.07) is 16.6. The molecular weight excluding hydrogens is 1550 g/mol. The van der Waals surface area contributed by atoms with Crippen LogP contribution in [0.25, 0.3) is 0 Å². The van der Waals surface area contributed by atoms with Gasteiger partial charge in [0, 0.05) is 121 Å². The number of fused-ring (bicyclic) bond motifs is 8. The first-order valence-electron chi connectivity index (χ1n) is 50.3. The van der Waals surface area contributed by atoms with Gasteiger partial charge < -0.3 is 37.9 Å². The summed E-state index contributed by atoms with van der Waals surface area (Å²) < 4.78 is 54.9. The number of ether oxygens (including phenoxy) is 8. The maximum Gasteiger partial charge on any atom is 0.414 e. The normalized spacial score (nSPS) is 12.4. The molecule has 8 bridgehead atoms. The molecule has 5 rings (SSSR count). The zero-order valence-electron chi connectivity index (χ0n) is 82.9. The Hall–Kier alpha value is -6.84. The highest BCUT2D eigenvalue weighted by atomic mass is 16.6. The van der Waals surface area contributed by atoms with E-state index in [1.165, 1.54) is 231 Å². The maximum atomic E-state index is 14.8. The third-order valence-electron chi connectivity index (χ3n) is 23.6. The molecule has 0 atom stereocenters. The lowest BCUT2D eigenvalue weighted by molar-refractivity contribution is 0.0578. The molecule has 0 N–H and O–H groups in total. The molecule has 4 aromatic carbocycles. The second-order valence-corrected chi connectivity index (χ2v) is 40.2. The van der Waals surface area contributed by atoms with Crippen molar-refractivity contribution in [2.24, 2.45) is 0 Å². The Morgan fingerprint density at radius 2 is 0.339 bits per heavy atom. The Labute approximate surface area is 757 Å². The first-order valence-corrected chi connectivity index (χ1v) is 50.3. The van der Waals surface area contributed by atoms with E-state index in [0.717, 1.165) is 122 Å². The third kappa shape index (κ3) is 43.8. The van der Waals surface area contributed by atoms with Crippen molar-refractivity contribution in [3.05, 3.63) is 93.0 Å². The maximum absolute atomic E-state index is 14.8. The summed E-state index contributed by atoms with van der Waals surface area (Å²) >= 11 is 0. The molecular formula is C108H180N4O12. The van der Waals surface area contributed by atoms with Crippen LogP contribution in [0, 0.1) is 0 Å². The van der Waals surface area contributed by atoms with Gasteiger partial charge in [0.25, 0.3) is 0 Å². The quantitative estimate of drug-likeness (QED) is 0.0269. The van der Waals surface area contributed by atoms with Gasteiger partial charge in [-0.25, -0.2) is 19.2 Å². The minimum Gasteiger partial charge on any atom is -0.493 e. The van der Waals surface area contributed by atoms with Crippen LogP contribution < -0.4 is 38.5 Å². The zero-order valence-corrected chi connectivity index (χ0v) is 82.9. The lowest BCUT2D eigenvalue weighted by Gasteiger charge is -2.29. The number of rotatable bonds is 60. The second kappa shape index (κ2) is 59.3. The van der Waals surface area contributed by atoms with Crippen LogP contribution in [0.1, 0.15) is 463 Å². The predicted molar refractivity (Wildman–Crippen MR) is 522 cm³/mol. The number of carbonyl (C=O) groups excluding carboxylic acids is 4. The molecule has 0 unspecified atom stereocenters. The SMILES string of the molecule is CCCCCCCCCCCCCCOc1c2cc(N(C)C(=O)OC(C)(C)C)cc1Cc1cc(N(C)C(=O)OC(C)(C)C)cc(c1OCCCCCCCCCCCCCC)Cc1cc(N(C)C(=O)OC(C)(C)C)cc(c1OCCCCCCCCCCCCCC)Cc1cc(N(C)C(=O)OC(C)(C)C)cc(c1OCCCCCCCCCCCCCC)C2. The fourth-order valence-electron chi connectivity index (χ4n) is 16.5. The Bertz CT molecular complexity index is 3090. The van der Waals surface area contributed by atoms with Crippen molar-refractivity contribution in [2.75, 3.05) is 74.2 Å². The van der Waals surface area contributed by atoms with Crippen LogP contribution in [0.2, 0.25) is 0 Å². The van der Waals surface area contributed by atoms with E-state index < -0.39 is 46.8 Å². The molecule has 0 aliphatic heterocycles. The van der Waals surface area contributed by atoms with Gasteiger partial charge in [-0.1, -0.05) is 310 Å². The Balaban J connectivity index is 1.93. The molecule has 0 saturated heterocycles. The van der Waals surface area contributed by atoms with Gasteiger partial charge in [-0.05, 0) is 157 Å². The van der Waals surface area contributed by atoms with E-state index in [4.69, 9.17) is 37.9 Å². The van der Waals surface area contributed by atoms with Crippen LogP contribution in [0.5, 0.6) is 23.0 Å². The standard InChI is InChI=1S/C108H180N4O12/c1-21-25-29-33-37-41-45-49-53-57-61-65-69-117-97-85-73-87-79-94(110(18)102(114)122-106(8,9)10)81-89(98(87)118-70-66-62-58-54-50-46-42-38-34-30-26-22-2)75-91-83-96(112(20)104(116)124-108(14,15)16)84-92(100(91)120-72-68-64-60-56-52-48-44-40-36-32-28-24-4)76-90-82-95(111(19)103(115)123-107(11,12)13)80-88(74-86(97)78-93(77-85)109(17)101(113)121-105(5,6)7)99(90)119-71-67-63-59-55-51-47-43-39-35-31-27-23-3/h77-84H,21-76H2,1-20H3. The zero-order chi connectivity index (χ0) is 90.8. The number of unbranched alkanes of at least 4 members (excludes halogenated alkanes) is 44. The molecule has 1 aliphatic carbocycles. The molecule has 0 radical (unpaired) electrons. The molecule has 0 spiro atoms. The monoisotopic (exact) mass is 1730 g/mol. The molecule has 4 aromatic rings. The van der Waals surface area contributed by atoms with Crippen molar-refractivity contribution in [1.82, 2.24) is 0 Å². The van der Waals surface area contributed by atoms with Crippen molar-refractivity contribution in [2.45, 2.75) is 467 Å². The van der Waals surface area contributed by atoms with Gasteiger partial charge >= 0.3 is 24.4 Å². The number of hydrogen-bond donors (Lipinski definition) is 0. The van der Waals surface area contributed by atoms with Gasteiger partial charge in [0.15, 0.2) is 0 Å². The number of hydrogen-bond acceptors (Lipinski definition) is 12. The summed E-state index contributed by atoms with van der Waals surface area (Å²) in [4.78, 5) is 65.7. The number of anilines is 4. The summed E-state index contributed by atoms with van der Waals surface area (Å²) in [5, 5.41) is 0. The molecule has 0 fully saturated rings. The van der Waals surface area contributed by atoms with Crippen molar-refractivity contribution < 1.29 is 57.1 Å². The van der Waals surface area contributed by atoms with Gasteiger partial charge in [0.2, 0.25) is 0 Å². The van der Waals surface area contributed by atoms with E-state index >= 15 is 0 Å². The molecule has 16 nitrogen and oxygen atoms in total. The molecule has 0 heterocycles. The number of carbonyl (C=O) groups is 4. The summed E-state index contributed by atoms with van der Waals surface area (Å²) in [6.45, 7) is 33.5. The summed E-state index contributed by atoms with van der Waals surface area (Å²) in [5.74, 6) is 2.68. The average Bonchev–Trinajstić information content (AvgIpc) is 0.761. The van der Waals surface area contributed by atoms with Crippen LogP contribution in [0.15, 0.2) is 48.5 Å². The van der Waals surface area contributed by atoms with Crippen molar-refractivity contribution in [1.29, 1.82) is 0 Å². The Kier molecular flexibility index (Phi) is 51.5. The van der Waals surface area contributed by atoms with Gasteiger partial charge in [-0.2, -0.15) is 0 Å². The van der Waals surface area contributed by atoms with E-state index in [-0.39, 0.29) is 25.7 Å². The highest BCUT2D eigenvalue weighted by Gasteiger charge is 2.32. The Morgan fingerprint density at radius 3 is 0.460 bits per heavy atom. The minimum atomic E-state index is -0.811. The molecule has 16 heteroatoms. The van der Waals surface area contributed by atoms with E-state index in [1.54, 1.807) is 47.8 Å². The molecule has 1 aliphatic rings. The first-order chi connectivity index (χ1) is 59.3. The largest absolute Gasteiger partial charge is 0.493 e. The summed E-state index contributed by atoms with van der Waals surface area (Å²) in [6.07, 6.45) is 56.5. The van der Waals surface area contributed by atoms with Crippen LogP contribution in [0.4, 0.5) is 41.9 Å². The highest BCUT2D eigenvalue weighted by Crippen LogP contribution is 2.45. The van der Waals surface area contributed by atoms with Gasteiger partial charge in [0.1, 0.15) is 45.4 Å². The van der Waals surface area contributed by atoms with Crippen LogP contribution >= 0.6 is 0 Å². The number of benzene rings is 4. The van der Waals surface area contributed by atoms with Gasteiger partial charge in [0.05, 0.1) is 26.4 Å². The molecule has 4 amide bonds. The molecule has 704 valence electrons. The smallest absolute Gasteiger partial charge is 0.414 e. The first kappa shape index (κ1) is 108. The van der Waals surface area contributed by atoms with Crippen LogP contribution in [-0.4, -0.2) is 101 Å². The number of nitrogens with zero attached hydrogens (tertiary/aromatic N) is 4. The van der Waals surface area contributed by atoms with E-state index in [1.807, 2.05) is 83.1 Å². The van der Waals surface area contributed by atoms with Crippen molar-refractivity contribution in [3.8, 4) is 23.0 Å². The Morgan fingerprint density at radius 1 is 0.218 bits per heavy atom. The average molecular weight is 1730 g/mol. The van der Waals surface area contributed by atoms with E-state index in [0.29, 0.717) is 72.2 Å². The lowest BCUT2D eigenvalue weighted by atomic mass is 9.89. The van der Waals surface area contributed by atoms with Crippen molar-refractivity contribution in [3.63, 3.8) is 0 Å². The summed E-state index contributed by atoms with van der Waals surface area (Å²) in [5.41, 5.74) is 5.47.